The zero-order valence-corrected chi connectivity index (χ0v) is 12.2. The molecule has 0 saturated carbocycles. The lowest BCUT2D eigenvalue weighted by atomic mass is 9.74. The summed E-state index contributed by atoms with van der Waals surface area (Å²) < 4.78 is 1.55. The highest BCUT2D eigenvalue weighted by atomic mass is 16.4. The first-order chi connectivity index (χ1) is 9.34. The van der Waals surface area contributed by atoms with Gasteiger partial charge in [-0.25, -0.2) is 0 Å². The lowest BCUT2D eigenvalue weighted by molar-refractivity contribution is -0.151. The molecular formula is C14H21N3O3. The van der Waals surface area contributed by atoms with E-state index in [1.54, 1.807) is 42.7 Å². The number of carbonyl (C=O) groups is 2. The summed E-state index contributed by atoms with van der Waals surface area (Å²) >= 11 is 0. The Morgan fingerprint density at radius 2 is 2.15 bits per heavy atom. The van der Waals surface area contributed by atoms with Gasteiger partial charge in [0.1, 0.15) is 5.69 Å². The summed E-state index contributed by atoms with van der Waals surface area (Å²) in [6.45, 7) is 4.63. The fourth-order valence-electron chi connectivity index (χ4n) is 2.67. The normalized spacial score (nSPS) is 19.9. The van der Waals surface area contributed by atoms with E-state index in [0.29, 0.717) is 18.8 Å². The minimum Gasteiger partial charge on any atom is -0.481 e. The van der Waals surface area contributed by atoms with E-state index in [1.165, 1.54) is 0 Å². The Bertz CT molecular complexity index is 521. The molecule has 1 aliphatic rings. The zero-order chi connectivity index (χ0) is 14.9. The highest BCUT2D eigenvalue weighted by molar-refractivity contribution is 5.92. The van der Waals surface area contributed by atoms with Crippen LogP contribution in [0.4, 0.5) is 0 Å². The summed E-state index contributed by atoms with van der Waals surface area (Å²) in [6.07, 6.45) is 3.27. The van der Waals surface area contributed by atoms with Crippen molar-refractivity contribution in [3.8, 4) is 0 Å². The number of aliphatic carboxylic acids is 1. The molecule has 20 heavy (non-hydrogen) atoms. The summed E-state index contributed by atoms with van der Waals surface area (Å²) in [6, 6.07) is 1.69. The molecule has 1 N–H and O–H groups in total. The second-order valence-corrected chi connectivity index (χ2v) is 5.96. The molecule has 0 radical (unpaired) electrons. The number of aromatic nitrogens is 2. The molecule has 1 fully saturated rings. The number of likely N-dealkylation sites (tertiary alicyclic amines) is 1. The molecule has 110 valence electrons. The molecule has 1 aromatic rings. The summed E-state index contributed by atoms with van der Waals surface area (Å²) in [5.41, 5.74) is -0.274. The van der Waals surface area contributed by atoms with Crippen LogP contribution in [0.1, 0.15) is 37.2 Å². The highest BCUT2D eigenvalue weighted by Crippen LogP contribution is 2.34. The van der Waals surface area contributed by atoms with Gasteiger partial charge in [-0.2, -0.15) is 5.10 Å². The number of carboxylic acid groups (broad SMARTS) is 1. The molecule has 1 saturated heterocycles. The van der Waals surface area contributed by atoms with Crippen molar-refractivity contribution in [2.75, 3.05) is 13.1 Å². The van der Waals surface area contributed by atoms with Crippen molar-refractivity contribution in [3.05, 3.63) is 18.0 Å². The predicted octanol–water partition coefficient (Wildman–Crippen LogP) is 1.38. The largest absolute Gasteiger partial charge is 0.481 e. The van der Waals surface area contributed by atoms with Crippen LogP contribution in [0.5, 0.6) is 0 Å². The Kier molecular flexibility index (Phi) is 3.83. The molecular weight excluding hydrogens is 258 g/mol. The van der Waals surface area contributed by atoms with Crippen LogP contribution in [0.25, 0.3) is 0 Å². The van der Waals surface area contributed by atoms with Gasteiger partial charge in [-0.05, 0) is 38.7 Å². The van der Waals surface area contributed by atoms with Crippen LogP contribution < -0.4 is 0 Å². The lowest BCUT2D eigenvalue weighted by Crippen LogP contribution is -2.47. The van der Waals surface area contributed by atoms with Crippen LogP contribution in [0.15, 0.2) is 12.3 Å². The van der Waals surface area contributed by atoms with Crippen molar-refractivity contribution in [2.45, 2.75) is 26.7 Å². The number of amides is 1. The Morgan fingerprint density at radius 3 is 2.70 bits per heavy atom. The van der Waals surface area contributed by atoms with Gasteiger partial charge in [-0.3, -0.25) is 14.3 Å². The molecule has 1 atom stereocenters. The first-order valence-electron chi connectivity index (χ1n) is 6.84. The van der Waals surface area contributed by atoms with Crippen molar-refractivity contribution in [3.63, 3.8) is 0 Å². The first kappa shape index (κ1) is 14.6. The van der Waals surface area contributed by atoms with E-state index in [4.69, 9.17) is 0 Å². The molecule has 1 amide bonds. The van der Waals surface area contributed by atoms with Crippen molar-refractivity contribution in [2.24, 2.45) is 18.4 Å². The van der Waals surface area contributed by atoms with Crippen molar-refractivity contribution >= 4 is 11.9 Å². The maximum atomic E-state index is 12.4. The second kappa shape index (κ2) is 5.26. The highest BCUT2D eigenvalue weighted by Gasteiger charge is 2.40. The number of carboxylic acids is 1. The predicted molar refractivity (Wildman–Crippen MR) is 73.3 cm³/mol. The minimum absolute atomic E-state index is 0.0223. The fourth-order valence-corrected chi connectivity index (χ4v) is 2.67. The molecule has 1 aromatic heterocycles. The lowest BCUT2D eigenvalue weighted by Gasteiger charge is -2.39. The average Bonchev–Trinajstić information content (AvgIpc) is 2.84. The van der Waals surface area contributed by atoms with Gasteiger partial charge in [0.25, 0.3) is 5.91 Å². The Hall–Kier alpha value is -1.85. The monoisotopic (exact) mass is 279 g/mol. The molecule has 6 nitrogen and oxygen atoms in total. The quantitative estimate of drug-likeness (QED) is 0.907. The molecule has 0 spiro atoms. The first-order valence-corrected chi connectivity index (χ1v) is 6.84. The minimum atomic E-state index is -0.814. The fraction of sp³-hybridized carbons (Fsp3) is 0.643. The standard InChI is InChI=1S/C14H21N3O3/c1-14(2,13(19)20)10-5-4-8-17(9-10)12(18)11-6-7-15-16(11)3/h6-7,10H,4-5,8-9H2,1-3H3,(H,19,20). The number of hydrogen-bond acceptors (Lipinski definition) is 3. The van der Waals surface area contributed by atoms with Crippen molar-refractivity contribution < 1.29 is 14.7 Å². The third-order valence-corrected chi connectivity index (χ3v) is 4.32. The molecule has 1 aliphatic heterocycles. The van der Waals surface area contributed by atoms with E-state index in [9.17, 15) is 14.7 Å². The van der Waals surface area contributed by atoms with E-state index in [-0.39, 0.29) is 11.8 Å². The summed E-state index contributed by atoms with van der Waals surface area (Å²) in [4.78, 5) is 25.5. The van der Waals surface area contributed by atoms with E-state index in [2.05, 4.69) is 5.10 Å². The molecule has 1 unspecified atom stereocenters. The van der Waals surface area contributed by atoms with Gasteiger partial charge >= 0.3 is 5.97 Å². The van der Waals surface area contributed by atoms with E-state index in [0.717, 1.165) is 12.8 Å². The van der Waals surface area contributed by atoms with Gasteiger partial charge in [0.05, 0.1) is 5.41 Å². The third-order valence-electron chi connectivity index (χ3n) is 4.32. The molecule has 2 heterocycles. The van der Waals surface area contributed by atoms with E-state index < -0.39 is 11.4 Å². The number of carbonyl (C=O) groups excluding carboxylic acids is 1. The molecule has 0 aromatic carbocycles. The average molecular weight is 279 g/mol. The molecule has 2 rings (SSSR count). The van der Waals surface area contributed by atoms with Crippen LogP contribution in [0, 0.1) is 11.3 Å². The van der Waals surface area contributed by atoms with Gasteiger partial charge < -0.3 is 10.0 Å². The smallest absolute Gasteiger partial charge is 0.309 e. The van der Waals surface area contributed by atoms with Crippen LogP contribution in [0.2, 0.25) is 0 Å². The van der Waals surface area contributed by atoms with Crippen molar-refractivity contribution in [1.29, 1.82) is 0 Å². The Balaban J connectivity index is 2.13. The van der Waals surface area contributed by atoms with Gasteiger partial charge in [0, 0.05) is 26.3 Å². The van der Waals surface area contributed by atoms with Gasteiger partial charge in [-0.1, -0.05) is 0 Å². The van der Waals surface area contributed by atoms with E-state index in [1.807, 2.05) is 0 Å². The molecule has 0 bridgehead atoms. The summed E-state index contributed by atoms with van der Waals surface area (Å²) in [7, 11) is 1.73. The summed E-state index contributed by atoms with van der Waals surface area (Å²) in [5.74, 6) is -0.904. The zero-order valence-electron chi connectivity index (χ0n) is 12.2. The van der Waals surface area contributed by atoms with Gasteiger partial charge in [-0.15, -0.1) is 0 Å². The number of rotatable bonds is 3. The SMILES string of the molecule is Cn1nccc1C(=O)N1CCCC(C(C)(C)C(=O)O)C1. The van der Waals surface area contributed by atoms with Crippen molar-refractivity contribution in [1.82, 2.24) is 14.7 Å². The third kappa shape index (κ3) is 2.55. The molecule has 6 heteroatoms. The second-order valence-electron chi connectivity index (χ2n) is 5.96. The number of aryl methyl sites for hydroxylation is 1. The number of hydrogen-bond donors (Lipinski definition) is 1. The van der Waals surface area contributed by atoms with Crippen LogP contribution in [-0.2, 0) is 11.8 Å². The van der Waals surface area contributed by atoms with Gasteiger partial charge in [0.15, 0.2) is 0 Å². The number of nitrogens with zero attached hydrogens (tertiary/aromatic N) is 3. The van der Waals surface area contributed by atoms with Crippen LogP contribution >= 0.6 is 0 Å². The molecule has 0 aliphatic carbocycles. The maximum Gasteiger partial charge on any atom is 0.309 e. The van der Waals surface area contributed by atoms with E-state index >= 15 is 0 Å². The number of piperidine rings is 1. The van der Waals surface area contributed by atoms with Crippen LogP contribution in [-0.4, -0.2) is 44.8 Å². The van der Waals surface area contributed by atoms with Gasteiger partial charge in [0.2, 0.25) is 0 Å². The Morgan fingerprint density at radius 1 is 1.45 bits per heavy atom. The topological polar surface area (TPSA) is 75.4 Å². The summed E-state index contributed by atoms with van der Waals surface area (Å²) in [5, 5.41) is 13.3. The van der Waals surface area contributed by atoms with Crippen LogP contribution in [0.3, 0.4) is 0 Å². The Labute approximate surface area is 118 Å². The maximum absolute atomic E-state index is 12.4.